The standard InChI is InChI=1S/C15H20FN5O2/c1-10-7-11(3-4-12(10)16)8-19-14(17-2)18-5-6-21-13(22)9-20-15(21)23/h3-4,7H,5-6,8-9H2,1-2H3,(H,20,23)(H2,17,18,19). The van der Waals surface area contributed by atoms with Crippen molar-refractivity contribution in [2.45, 2.75) is 13.5 Å². The van der Waals surface area contributed by atoms with Gasteiger partial charge in [0.25, 0.3) is 0 Å². The van der Waals surface area contributed by atoms with Crippen LogP contribution < -0.4 is 16.0 Å². The van der Waals surface area contributed by atoms with Crippen molar-refractivity contribution < 1.29 is 14.0 Å². The third-order valence-corrected chi connectivity index (χ3v) is 3.47. The normalized spacial score (nSPS) is 14.9. The summed E-state index contributed by atoms with van der Waals surface area (Å²) in [7, 11) is 1.62. The fraction of sp³-hybridized carbons (Fsp3) is 0.400. The van der Waals surface area contributed by atoms with Crippen molar-refractivity contribution in [2.75, 3.05) is 26.7 Å². The van der Waals surface area contributed by atoms with Crippen molar-refractivity contribution in [3.8, 4) is 0 Å². The fourth-order valence-corrected chi connectivity index (χ4v) is 2.19. The molecule has 23 heavy (non-hydrogen) atoms. The lowest BCUT2D eigenvalue weighted by Gasteiger charge is -2.15. The van der Waals surface area contributed by atoms with E-state index in [-0.39, 0.29) is 30.8 Å². The van der Waals surface area contributed by atoms with Crippen LogP contribution in [0.2, 0.25) is 0 Å². The molecule has 124 valence electrons. The predicted molar refractivity (Wildman–Crippen MR) is 84.5 cm³/mol. The summed E-state index contributed by atoms with van der Waals surface area (Å²) in [6.07, 6.45) is 0. The molecule has 0 aromatic heterocycles. The van der Waals surface area contributed by atoms with Crippen molar-refractivity contribution in [3.63, 3.8) is 0 Å². The predicted octanol–water partition coefficient (Wildman–Crippen LogP) is 0.351. The van der Waals surface area contributed by atoms with Crippen LogP contribution in [-0.2, 0) is 11.3 Å². The number of hydrogen-bond acceptors (Lipinski definition) is 3. The number of hydrogen-bond donors (Lipinski definition) is 3. The number of amides is 3. The lowest BCUT2D eigenvalue weighted by Crippen LogP contribution is -2.43. The first-order chi connectivity index (χ1) is 11.0. The van der Waals surface area contributed by atoms with Crippen molar-refractivity contribution in [2.24, 2.45) is 4.99 Å². The van der Waals surface area contributed by atoms with Gasteiger partial charge in [-0.1, -0.05) is 12.1 Å². The Labute approximate surface area is 134 Å². The summed E-state index contributed by atoms with van der Waals surface area (Å²) in [5.41, 5.74) is 1.52. The van der Waals surface area contributed by atoms with Gasteiger partial charge in [-0.3, -0.25) is 14.7 Å². The summed E-state index contributed by atoms with van der Waals surface area (Å²) in [5.74, 6) is 0.0744. The average molecular weight is 321 g/mol. The summed E-state index contributed by atoms with van der Waals surface area (Å²) in [6, 6.07) is 4.53. The highest BCUT2D eigenvalue weighted by atomic mass is 19.1. The van der Waals surface area contributed by atoms with Crippen LogP contribution in [0.4, 0.5) is 9.18 Å². The molecular formula is C15H20FN5O2. The van der Waals surface area contributed by atoms with Crippen molar-refractivity contribution >= 4 is 17.9 Å². The Hall–Kier alpha value is -2.64. The number of aliphatic imine (C=N–C) groups is 1. The number of rotatable bonds is 5. The van der Waals surface area contributed by atoms with Gasteiger partial charge in [-0.05, 0) is 24.1 Å². The summed E-state index contributed by atoms with van der Waals surface area (Å²) in [5, 5.41) is 8.58. The summed E-state index contributed by atoms with van der Waals surface area (Å²) in [4.78, 5) is 28.0. The van der Waals surface area contributed by atoms with Crippen LogP contribution in [0.25, 0.3) is 0 Å². The van der Waals surface area contributed by atoms with Gasteiger partial charge in [0.2, 0.25) is 5.91 Å². The van der Waals surface area contributed by atoms with Crippen LogP contribution in [0, 0.1) is 12.7 Å². The molecule has 3 amide bonds. The Morgan fingerprint density at radius 1 is 1.39 bits per heavy atom. The number of benzene rings is 1. The number of aryl methyl sites for hydroxylation is 1. The van der Waals surface area contributed by atoms with E-state index in [1.54, 1.807) is 26.1 Å². The number of urea groups is 1. The van der Waals surface area contributed by atoms with Gasteiger partial charge in [-0.15, -0.1) is 0 Å². The van der Waals surface area contributed by atoms with E-state index in [9.17, 15) is 14.0 Å². The number of halogens is 1. The van der Waals surface area contributed by atoms with Gasteiger partial charge in [0, 0.05) is 26.7 Å². The summed E-state index contributed by atoms with van der Waals surface area (Å²) in [6.45, 7) is 2.91. The Balaban J connectivity index is 1.78. The van der Waals surface area contributed by atoms with Gasteiger partial charge in [-0.25, -0.2) is 9.18 Å². The van der Waals surface area contributed by atoms with E-state index in [0.29, 0.717) is 24.6 Å². The van der Waals surface area contributed by atoms with Crippen molar-refractivity contribution in [1.82, 2.24) is 20.9 Å². The molecule has 1 heterocycles. The molecule has 1 aromatic carbocycles. The van der Waals surface area contributed by atoms with Crippen LogP contribution >= 0.6 is 0 Å². The van der Waals surface area contributed by atoms with Crippen molar-refractivity contribution in [3.05, 3.63) is 35.1 Å². The molecule has 0 aliphatic carbocycles. The number of imide groups is 1. The fourth-order valence-electron chi connectivity index (χ4n) is 2.19. The quantitative estimate of drug-likeness (QED) is 0.415. The maximum absolute atomic E-state index is 13.2. The minimum atomic E-state index is -0.374. The van der Waals surface area contributed by atoms with Crippen LogP contribution in [0.5, 0.6) is 0 Å². The van der Waals surface area contributed by atoms with Crippen LogP contribution in [0.1, 0.15) is 11.1 Å². The number of carbonyl (C=O) groups excluding carboxylic acids is 2. The van der Waals surface area contributed by atoms with E-state index < -0.39 is 0 Å². The first-order valence-electron chi connectivity index (χ1n) is 7.29. The van der Waals surface area contributed by atoms with Gasteiger partial charge in [-0.2, -0.15) is 0 Å². The molecule has 0 saturated carbocycles. The molecule has 0 radical (unpaired) electrons. The molecule has 1 aliphatic rings. The van der Waals surface area contributed by atoms with Gasteiger partial charge < -0.3 is 16.0 Å². The topological polar surface area (TPSA) is 85.8 Å². The number of guanidine groups is 1. The van der Waals surface area contributed by atoms with E-state index in [0.717, 1.165) is 10.5 Å². The Bertz CT molecular complexity index is 616. The second-order valence-electron chi connectivity index (χ2n) is 5.14. The smallest absolute Gasteiger partial charge is 0.324 e. The van der Waals surface area contributed by atoms with Gasteiger partial charge in [0.15, 0.2) is 5.96 Å². The molecule has 0 atom stereocenters. The maximum atomic E-state index is 13.2. The Kier molecular flexibility index (Phi) is 5.51. The van der Waals surface area contributed by atoms with Crippen molar-refractivity contribution in [1.29, 1.82) is 0 Å². The number of carbonyl (C=O) groups is 2. The molecule has 1 aliphatic heterocycles. The van der Waals surface area contributed by atoms with Crippen LogP contribution in [-0.4, -0.2) is 49.5 Å². The molecule has 2 rings (SSSR count). The SMILES string of the molecule is CN=C(NCCN1C(=O)CNC1=O)NCc1ccc(F)c(C)c1. The van der Waals surface area contributed by atoms with E-state index >= 15 is 0 Å². The monoisotopic (exact) mass is 321 g/mol. The Morgan fingerprint density at radius 2 is 2.17 bits per heavy atom. The minimum Gasteiger partial charge on any atom is -0.355 e. The molecule has 1 aromatic rings. The zero-order chi connectivity index (χ0) is 16.8. The van der Waals surface area contributed by atoms with Crippen LogP contribution in [0.15, 0.2) is 23.2 Å². The third kappa shape index (κ3) is 4.41. The van der Waals surface area contributed by atoms with E-state index in [2.05, 4.69) is 20.9 Å². The number of nitrogens with one attached hydrogen (secondary N) is 3. The van der Waals surface area contributed by atoms with Crippen LogP contribution in [0.3, 0.4) is 0 Å². The molecule has 0 unspecified atom stereocenters. The minimum absolute atomic E-state index is 0.0513. The van der Waals surface area contributed by atoms with E-state index in [4.69, 9.17) is 0 Å². The van der Waals surface area contributed by atoms with Gasteiger partial charge in [0.1, 0.15) is 5.82 Å². The Morgan fingerprint density at radius 3 is 2.78 bits per heavy atom. The molecular weight excluding hydrogens is 301 g/mol. The van der Waals surface area contributed by atoms with Gasteiger partial charge in [0.05, 0.1) is 6.54 Å². The molecule has 7 nitrogen and oxygen atoms in total. The second-order valence-corrected chi connectivity index (χ2v) is 5.14. The third-order valence-electron chi connectivity index (χ3n) is 3.47. The largest absolute Gasteiger partial charge is 0.355 e. The highest BCUT2D eigenvalue weighted by Gasteiger charge is 2.27. The molecule has 8 heteroatoms. The molecule has 0 bridgehead atoms. The number of nitrogens with zero attached hydrogens (tertiary/aromatic N) is 2. The molecule has 3 N–H and O–H groups in total. The summed E-state index contributed by atoms with van der Waals surface area (Å²) >= 11 is 0. The maximum Gasteiger partial charge on any atom is 0.324 e. The highest BCUT2D eigenvalue weighted by molar-refractivity contribution is 6.01. The first-order valence-corrected chi connectivity index (χ1v) is 7.29. The lowest BCUT2D eigenvalue weighted by atomic mass is 10.1. The highest BCUT2D eigenvalue weighted by Crippen LogP contribution is 2.08. The molecule has 0 spiro atoms. The lowest BCUT2D eigenvalue weighted by molar-refractivity contribution is -0.124. The van der Waals surface area contributed by atoms with E-state index in [1.807, 2.05) is 0 Å². The average Bonchev–Trinajstić information content (AvgIpc) is 2.85. The van der Waals surface area contributed by atoms with Gasteiger partial charge >= 0.3 is 6.03 Å². The summed E-state index contributed by atoms with van der Waals surface area (Å²) < 4.78 is 13.2. The first kappa shape index (κ1) is 16.7. The molecule has 1 fully saturated rings. The second kappa shape index (κ2) is 7.57. The zero-order valence-electron chi connectivity index (χ0n) is 13.1. The molecule has 1 saturated heterocycles. The zero-order valence-corrected chi connectivity index (χ0v) is 13.1. The van der Waals surface area contributed by atoms with E-state index in [1.165, 1.54) is 6.07 Å².